The van der Waals surface area contributed by atoms with Crippen molar-refractivity contribution in [1.82, 2.24) is 0 Å². The van der Waals surface area contributed by atoms with Gasteiger partial charge in [-0.3, -0.25) is 0 Å². The highest BCUT2D eigenvalue weighted by molar-refractivity contribution is 5.64. The predicted molar refractivity (Wildman–Crippen MR) is 238 cm³/mol. The Kier molecular flexibility index (Phi) is 49.0. The first-order valence-electron chi connectivity index (χ1n) is 24.9. The Hall–Kier alpha value is -0.570. The molecule has 0 aliphatic heterocycles. The maximum absolute atomic E-state index is 10.1. The number of carboxylic acid groups (broad SMARTS) is 1. The molecule has 0 atom stereocenters. The van der Waals surface area contributed by atoms with E-state index in [0.717, 1.165) is 12.8 Å². The van der Waals surface area contributed by atoms with E-state index in [-0.39, 0.29) is 6.42 Å². The van der Waals surface area contributed by atoms with E-state index in [1.165, 1.54) is 268 Å². The molecule has 0 bridgehead atoms. The first kappa shape index (κ1) is 54.5. The molecule has 0 saturated heterocycles. The van der Waals surface area contributed by atoms with E-state index in [4.69, 9.17) is 0 Å². The number of hydrogen-bond donors (Lipinski definition) is 0. The maximum Gasteiger partial charge on any atom is 0.0782 e. The van der Waals surface area contributed by atoms with Crippen LogP contribution in [0.2, 0.25) is 0 Å². The molecule has 0 aromatic carbocycles. The van der Waals surface area contributed by atoms with Crippen LogP contribution in [0.15, 0.2) is 0 Å². The molecule has 53 heavy (non-hydrogen) atoms. The summed E-state index contributed by atoms with van der Waals surface area (Å²) >= 11 is 0. The van der Waals surface area contributed by atoms with E-state index in [0.29, 0.717) is 0 Å². The van der Waals surface area contributed by atoms with E-state index < -0.39 is 5.97 Å². The fourth-order valence-electron chi connectivity index (χ4n) is 7.87. The van der Waals surface area contributed by atoms with Gasteiger partial charge in [0.1, 0.15) is 0 Å². The molecule has 0 radical (unpaired) electrons. The monoisotopic (exact) mass is 750 g/mol. The molecule has 0 N–H and O–H groups in total. The summed E-state index contributed by atoms with van der Waals surface area (Å²) in [6.45, 7) is 9.61. The highest BCUT2D eigenvalue weighted by atomic mass is 16.4. The van der Waals surface area contributed by atoms with Gasteiger partial charge in [0.2, 0.25) is 0 Å². The number of unbranched alkanes of at least 4 members (excludes halogenated alkanes) is 38. The number of carbonyl (C=O) groups is 1. The van der Waals surface area contributed by atoms with Crippen molar-refractivity contribution in [3.63, 3.8) is 0 Å². The summed E-state index contributed by atoms with van der Waals surface area (Å²) < 4.78 is 1.25. The van der Waals surface area contributed by atoms with E-state index >= 15 is 0 Å². The lowest BCUT2D eigenvalue weighted by Gasteiger charge is -2.30. The second-order valence-electron chi connectivity index (χ2n) is 17.9. The third-order valence-electron chi connectivity index (χ3n) is 11.7. The minimum Gasteiger partial charge on any atom is -0.550 e. The number of aliphatic carboxylic acids is 1. The summed E-state index contributed by atoms with van der Waals surface area (Å²) in [4.78, 5) is 10.1. The van der Waals surface area contributed by atoms with E-state index in [1.807, 2.05) is 0 Å². The molecular weight excluding hydrogens is 647 g/mol. The van der Waals surface area contributed by atoms with Crippen LogP contribution in [-0.4, -0.2) is 37.6 Å². The number of hydrogen-bond acceptors (Lipinski definition) is 2. The van der Waals surface area contributed by atoms with Crippen molar-refractivity contribution < 1.29 is 14.4 Å². The molecule has 3 heteroatoms. The first-order valence-corrected chi connectivity index (χ1v) is 24.9. The zero-order chi connectivity index (χ0) is 39.2. The van der Waals surface area contributed by atoms with Gasteiger partial charge in [0.15, 0.2) is 0 Å². The Morgan fingerprint density at radius 2 is 0.472 bits per heavy atom. The highest BCUT2D eigenvalue weighted by Gasteiger charge is 2.13. The van der Waals surface area contributed by atoms with Crippen LogP contribution in [0.5, 0.6) is 0 Å². The van der Waals surface area contributed by atoms with Gasteiger partial charge in [-0.2, -0.15) is 0 Å². The lowest BCUT2D eigenvalue weighted by Crippen LogP contribution is -2.41. The average Bonchev–Trinajstić information content (AvgIpc) is 3.14. The molecule has 0 aliphatic rings. The number of quaternary nitrogens is 1. The van der Waals surface area contributed by atoms with Crippen LogP contribution >= 0.6 is 0 Å². The number of rotatable bonds is 44. The molecule has 0 saturated carbocycles. The fourth-order valence-corrected chi connectivity index (χ4v) is 7.87. The Bertz CT molecular complexity index is 624. The molecule has 0 heterocycles. The normalized spacial score (nSPS) is 11.6. The smallest absolute Gasteiger partial charge is 0.0782 e. The lowest BCUT2D eigenvalue weighted by molar-refractivity contribution is -0.890. The molecule has 0 rings (SSSR count). The Morgan fingerprint density at radius 1 is 0.302 bits per heavy atom. The lowest BCUT2D eigenvalue weighted by atomic mass is 10.0. The Labute approximate surface area is 337 Å². The SMILES string of the molecule is CCCCCCCCCCCC(=O)[O-].CCCCCCCCCCCCCCCCCC[N+](C)(C)CCCCCCCCCCCCCCCCCC. The highest BCUT2D eigenvalue weighted by Crippen LogP contribution is 2.17. The van der Waals surface area contributed by atoms with Gasteiger partial charge in [-0.25, -0.2) is 0 Å². The predicted octanol–water partition coefficient (Wildman–Crippen LogP) is 16.2. The van der Waals surface area contributed by atoms with Crippen molar-refractivity contribution in [2.24, 2.45) is 0 Å². The molecule has 0 spiro atoms. The zero-order valence-electron chi connectivity index (χ0n) is 37.9. The summed E-state index contributed by atoms with van der Waals surface area (Å²) in [5.74, 6) is -0.909. The van der Waals surface area contributed by atoms with Crippen molar-refractivity contribution in [3.05, 3.63) is 0 Å². The van der Waals surface area contributed by atoms with Crippen LogP contribution in [0.25, 0.3) is 0 Å². The van der Waals surface area contributed by atoms with Crippen LogP contribution in [0.1, 0.15) is 290 Å². The van der Waals surface area contributed by atoms with E-state index in [1.54, 1.807) is 0 Å². The third kappa shape index (κ3) is 53.6. The van der Waals surface area contributed by atoms with Crippen molar-refractivity contribution in [1.29, 1.82) is 0 Å². The second-order valence-corrected chi connectivity index (χ2v) is 17.9. The first-order chi connectivity index (χ1) is 25.9. The van der Waals surface area contributed by atoms with Crippen LogP contribution in [0.4, 0.5) is 0 Å². The minimum absolute atomic E-state index is 0.232. The average molecular weight is 750 g/mol. The molecule has 3 nitrogen and oxygen atoms in total. The summed E-state index contributed by atoms with van der Waals surface area (Å²) in [6, 6.07) is 0. The fraction of sp³-hybridized carbons (Fsp3) is 0.980. The van der Waals surface area contributed by atoms with Gasteiger partial charge < -0.3 is 14.4 Å². The molecule has 0 aromatic heterocycles. The van der Waals surface area contributed by atoms with Gasteiger partial charge in [-0.05, 0) is 38.5 Å². The van der Waals surface area contributed by atoms with Gasteiger partial charge in [-0.1, -0.05) is 252 Å². The topological polar surface area (TPSA) is 40.1 Å². The molecular formula is C50H103NO2. The summed E-state index contributed by atoms with van der Waals surface area (Å²) in [7, 11) is 4.94. The van der Waals surface area contributed by atoms with Crippen LogP contribution < -0.4 is 5.11 Å². The number of carboxylic acids is 1. The van der Waals surface area contributed by atoms with Gasteiger partial charge in [0.05, 0.1) is 27.2 Å². The Morgan fingerprint density at radius 3 is 0.660 bits per heavy atom. The van der Waals surface area contributed by atoms with Crippen molar-refractivity contribution in [3.8, 4) is 0 Å². The minimum atomic E-state index is -0.909. The van der Waals surface area contributed by atoms with Crippen LogP contribution in [0, 0.1) is 0 Å². The zero-order valence-corrected chi connectivity index (χ0v) is 37.9. The van der Waals surface area contributed by atoms with E-state index in [2.05, 4.69) is 34.9 Å². The molecule has 320 valence electrons. The van der Waals surface area contributed by atoms with E-state index in [9.17, 15) is 9.90 Å². The summed E-state index contributed by atoms with van der Waals surface area (Å²) in [5.41, 5.74) is 0. The van der Waals surface area contributed by atoms with Crippen LogP contribution in [-0.2, 0) is 4.79 Å². The molecule has 0 amide bonds. The van der Waals surface area contributed by atoms with Gasteiger partial charge in [0, 0.05) is 5.97 Å². The quantitative estimate of drug-likeness (QED) is 0.0460. The summed E-state index contributed by atoms with van der Waals surface area (Å²) in [5, 5.41) is 10.1. The molecule has 0 aromatic rings. The van der Waals surface area contributed by atoms with Crippen molar-refractivity contribution in [2.45, 2.75) is 290 Å². The van der Waals surface area contributed by atoms with Gasteiger partial charge in [0.25, 0.3) is 0 Å². The number of carbonyl (C=O) groups excluding carboxylic acids is 1. The number of nitrogens with zero attached hydrogens (tertiary/aromatic N) is 1. The Balaban J connectivity index is 0. The molecule has 0 aliphatic carbocycles. The molecule has 0 fully saturated rings. The van der Waals surface area contributed by atoms with Crippen molar-refractivity contribution in [2.75, 3.05) is 27.2 Å². The molecule has 0 unspecified atom stereocenters. The third-order valence-corrected chi connectivity index (χ3v) is 11.7. The second kappa shape index (κ2) is 47.6. The van der Waals surface area contributed by atoms with Gasteiger partial charge in [-0.15, -0.1) is 0 Å². The van der Waals surface area contributed by atoms with Crippen LogP contribution in [0.3, 0.4) is 0 Å². The maximum atomic E-state index is 10.1. The summed E-state index contributed by atoms with van der Waals surface area (Å²) in [6.07, 6.45) is 58.1. The van der Waals surface area contributed by atoms with Crippen molar-refractivity contribution >= 4 is 5.97 Å². The largest absolute Gasteiger partial charge is 0.550 e. The van der Waals surface area contributed by atoms with Gasteiger partial charge >= 0.3 is 0 Å². The standard InChI is InChI=1S/C38H80N.C12H24O2/c1-5-7-9-11-13-15-17-19-21-23-25-27-29-31-33-35-37-39(3,4)38-36-34-32-30-28-26-24-22-20-18-16-14-12-10-8-6-2;1-2-3-4-5-6-7-8-9-10-11-12(13)14/h5-38H2,1-4H3;2-11H2,1H3,(H,13,14)/q+1;/p-1.